The molecule has 11 nitrogen and oxygen atoms in total. The molecule has 3 atom stereocenters. The number of nitrogens with two attached hydrogens (primary N) is 1. The number of nitrogens with one attached hydrogen (secondary N) is 2. The Morgan fingerprint density at radius 3 is 2.06 bits per heavy atom. The highest BCUT2D eigenvalue weighted by atomic mass is 16.6. The monoisotopic (exact) mass is 498 g/mol. The summed E-state index contributed by atoms with van der Waals surface area (Å²) in [5, 5.41) is 16.3. The van der Waals surface area contributed by atoms with Crippen LogP contribution in [0, 0.1) is 10.1 Å². The van der Waals surface area contributed by atoms with E-state index in [0.29, 0.717) is 5.56 Å². The van der Waals surface area contributed by atoms with Crippen LogP contribution in [0.4, 0.5) is 5.69 Å². The lowest BCUT2D eigenvalue weighted by molar-refractivity contribution is -0.384. The maximum Gasteiger partial charge on any atom is 0.306 e. The Kier molecular flexibility index (Phi) is 10.5. The van der Waals surface area contributed by atoms with Crippen molar-refractivity contribution in [1.29, 1.82) is 0 Å². The van der Waals surface area contributed by atoms with Crippen molar-refractivity contribution in [1.82, 2.24) is 10.6 Å². The fourth-order valence-corrected chi connectivity index (χ4v) is 3.65. The second-order valence-corrected chi connectivity index (χ2v) is 8.11. The van der Waals surface area contributed by atoms with Crippen molar-refractivity contribution in [3.8, 4) is 0 Å². The third-order valence-corrected chi connectivity index (χ3v) is 5.51. The van der Waals surface area contributed by atoms with Gasteiger partial charge in [0.2, 0.25) is 17.7 Å². The van der Waals surface area contributed by atoms with Crippen LogP contribution in [0.1, 0.15) is 56.2 Å². The van der Waals surface area contributed by atoms with Crippen molar-refractivity contribution in [2.24, 2.45) is 5.73 Å². The second kappa shape index (κ2) is 13.6. The number of hydrogen-bond donors (Lipinski definition) is 3. The highest BCUT2D eigenvalue weighted by molar-refractivity contribution is 5.90. The van der Waals surface area contributed by atoms with Crippen molar-refractivity contribution >= 4 is 29.4 Å². The summed E-state index contributed by atoms with van der Waals surface area (Å²) in [5.41, 5.74) is 6.66. The summed E-state index contributed by atoms with van der Waals surface area (Å²) in [6.07, 6.45) is -0.646. The third-order valence-electron chi connectivity index (χ3n) is 5.51. The van der Waals surface area contributed by atoms with E-state index in [1.165, 1.54) is 24.3 Å². The van der Waals surface area contributed by atoms with E-state index in [0.717, 1.165) is 5.56 Å². The van der Waals surface area contributed by atoms with Crippen LogP contribution in [0.3, 0.4) is 0 Å². The van der Waals surface area contributed by atoms with Crippen LogP contribution in [0.5, 0.6) is 0 Å². The zero-order chi connectivity index (χ0) is 26.7. The Balaban J connectivity index is 2.09. The molecule has 0 aliphatic carbocycles. The number of primary amides is 1. The minimum Gasteiger partial charge on any atom is -0.466 e. The molecular formula is C25H30N4O7. The predicted octanol–water partition coefficient (Wildman–Crippen LogP) is 2.26. The van der Waals surface area contributed by atoms with Crippen molar-refractivity contribution in [3.63, 3.8) is 0 Å². The molecule has 192 valence electrons. The van der Waals surface area contributed by atoms with Gasteiger partial charge >= 0.3 is 5.97 Å². The Bertz CT molecular complexity index is 1070. The summed E-state index contributed by atoms with van der Waals surface area (Å²) in [7, 11) is 0. The highest BCUT2D eigenvalue weighted by Crippen LogP contribution is 2.27. The minimum atomic E-state index is -1.31. The molecule has 0 fully saturated rings. The summed E-state index contributed by atoms with van der Waals surface area (Å²) in [4.78, 5) is 59.8. The van der Waals surface area contributed by atoms with Gasteiger partial charge in [0.1, 0.15) is 6.04 Å². The van der Waals surface area contributed by atoms with Gasteiger partial charge in [0, 0.05) is 30.9 Å². The van der Waals surface area contributed by atoms with Gasteiger partial charge in [-0.05, 0) is 25.0 Å². The molecule has 11 heteroatoms. The summed E-state index contributed by atoms with van der Waals surface area (Å²) >= 11 is 0. The lowest BCUT2D eigenvalue weighted by atomic mass is 9.87. The number of carbonyl (C=O) groups excluding carboxylic acids is 4. The Morgan fingerprint density at radius 2 is 1.53 bits per heavy atom. The van der Waals surface area contributed by atoms with Crippen molar-refractivity contribution in [2.45, 2.75) is 51.1 Å². The van der Waals surface area contributed by atoms with E-state index in [1.807, 2.05) is 37.3 Å². The lowest BCUT2D eigenvalue weighted by Gasteiger charge is -2.25. The molecule has 2 rings (SSSR count). The van der Waals surface area contributed by atoms with Gasteiger partial charge in [0.05, 0.1) is 24.0 Å². The standard InChI is InChI=1S/C25H30N4O7/c1-3-36-23(32)15-20(18-9-11-19(12-10-18)29(34)35)24(25(26)33)28-22(31)14-13-21(30)27-16(2)17-7-5-4-6-8-17/h4-12,16,20,24H,3,13-15H2,1-2H3,(H2,26,33)(H,27,30)(H,28,31)/t16-,20+,24-/m1/s1. The van der Waals surface area contributed by atoms with E-state index in [1.54, 1.807) is 6.92 Å². The summed E-state index contributed by atoms with van der Waals surface area (Å²) in [5.74, 6) is -3.43. The third kappa shape index (κ3) is 8.49. The molecule has 0 saturated carbocycles. The highest BCUT2D eigenvalue weighted by Gasteiger charge is 2.32. The Morgan fingerprint density at radius 1 is 0.944 bits per heavy atom. The minimum absolute atomic E-state index is 0.107. The number of rotatable bonds is 13. The quantitative estimate of drug-likeness (QED) is 0.216. The van der Waals surface area contributed by atoms with Gasteiger partial charge < -0.3 is 21.1 Å². The maximum absolute atomic E-state index is 12.6. The summed E-state index contributed by atoms with van der Waals surface area (Å²) in [6, 6.07) is 13.0. The molecule has 4 N–H and O–H groups in total. The van der Waals surface area contributed by atoms with Gasteiger partial charge in [-0.25, -0.2) is 0 Å². The van der Waals surface area contributed by atoms with Crippen LogP contribution in [-0.4, -0.2) is 41.3 Å². The number of esters is 1. The van der Waals surface area contributed by atoms with Gasteiger partial charge in [0.15, 0.2) is 0 Å². The predicted molar refractivity (Wildman–Crippen MR) is 130 cm³/mol. The molecule has 0 saturated heterocycles. The fourth-order valence-electron chi connectivity index (χ4n) is 3.65. The van der Waals surface area contributed by atoms with Gasteiger partial charge in [0.25, 0.3) is 5.69 Å². The van der Waals surface area contributed by atoms with Crippen LogP contribution >= 0.6 is 0 Å². The van der Waals surface area contributed by atoms with Crippen LogP contribution < -0.4 is 16.4 Å². The number of nitrogens with zero attached hydrogens (tertiary/aromatic N) is 1. The molecule has 0 bridgehead atoms. The van der Waals surface area contributed by atoms with E-state index in [4.69, 9.17) is 10.5 Å². The number of nitro benzene ring substituents is 1. The van der Waals surface area contributed by atoms with Crippen molar-refractivity contribution < 1.29 is 28.8 Å². The number of ether oxygens (including phenoxy) is 1. The van der Waals surface area contributed by atoms with E-state index in [2.05, 4.69) is 10.6 Å². The Labute approximate surface area is 208 Å². The molecule has 0 spiro atoms. The van der Waals surface area contributed by atoms with Crippen molar-refractivity contribution in [2.75, 3.05) is 6.61 Å². The van der Waals surface area contributed by atoms with Crippen LogP contribution in [0.25, 0.3) is 0 Å². The second-order valence-electron chi connectivity index (χ2n) is 8.11. The first-order valence-corrected chi connectivity index (χ1v) is 11.4. The topological polar surface area (TPSA) is 171 Å². The summed E-state index contributed by atoms with van der Waals surface area (Å²) < 4.78 is 4.98. The van der Waals surface area contributed by atoms with E-state index in [-0.39, 0.29) is 43.5 Å². The fraction of sp³-hybridized carbons (Fsp3) is 0.360. The molecule has 0 aliphatic rings. The van der Waals surface area contributed by atoms with Gasteiger partial charge in [-0.15, -0.1) is 0 Å². The molecule has 3 amide bonds. The van der Waals surface area contributed by atoms with Gasteiger partial charge in [-0.2, -0.15) is 0 Å². The molecule has 0 unspecified atom stereocenters. The number of nitro groups is 1. The number of hydrogen-bond acceptors (Lipinski definition) is 7. The number of carbonyl (C=O) groups is 4. The van der Waals surface area contributed by atoms with Gasteiger partial charge in [-0.1, -0.05) is 42.5 Å². The van der Waals surface area contributed by atoms with Crippen LogP contribution in [-0.2, 0) is 23.9 Å². The SMILES string of the molecule is CCOC(=O)C[C@@H](c1ccc([N+](=O)[O-])cc1)[C@@H](NC(=O)CCC(=O)N[C@H](C)c1ccccc1)C(N)=O. The van der Waals surface area contributed by atoms with Gasteiger partial charge in [-0.3, -0.25) is 29.3 Å². The number of amides is 3. The van der Waals surface area contributed by atoms with E-state index >= 15 is 0 Å². The molecular weight excluding hydrogens is 468 g/mol. The molecule has 0 aromatic heterocycles. The summed E-state index contributed by atoms with van der Waals surface area (Å²) in [6.45, 7) is 3.55. The molecule has 0 radical (unpaired) electrons. The molecule has 2 aromatic rings. The molecule has 0 heterocycles. The normalized spacial score (nSPS) is 13.1. The Hall–Kier alpha value is -4.28. The number of benzene rings is 2. The zero-order valence-electron chi connectivity index (χ0n) is 20.1. The van der Waals surface area contributed by atoms with Crippen LogP contribution in [0.15, 0.2) is 54.6 Å². The average molecular weight is 499 g/mol. The largest absolute Gasteiger partial charge is 0.466 e. The maximum atomic E-state index is 12.6. The lowest BCUT2D eigenvalue weighted by Crippen LogP contribution is -2.49. The van der Waals surface area contributed by atoms with Crippen LogP contribution in [0.2, 0.25) is 0 Å². The van der Waals surface area contributed by atoms with E-state index < -0.39 is 34.7 Å². The number of non-ortho nitro benzene ring substituents is 1. The first kappa shape index (κ1) is 28.0. The first-order valence-electron chi connectivity index (χ1n) is 11.4. The first-order chi connectivity index (χ1) is 17.1. The van der Waals surface area contributed by atoms with E-state index in [9.17, 15) is 29.3 Å². The molecule has 36 heavy (non-hydrogen) atoms. The zero-order valence-corrected chi connectivity index (χ0v) is 20.1. The molecule has 2 aromatic carbocycles. The van der Waals surface area contributed by atoms with Crippen molar-refractivity contribution in [3.05, 3.63) is 75.8 Å². The molecule has 0 aliphatic heterocycles. The smallest absolute Gasteiger partial charge is 0.306 e. The average Bonchev–Trinajstić information content (AvgIpc) is 2.85.